The minimum atomic E-state index is 0.0353. The van der Waals surface area contributed by atoms with Gasteiger partial charge in [-0.1, -0.05) is 12.1 Å². The van der Waals surface area contributed by atoms with Gasteiger partial charge in [-0.2, -0.15) is 0 Å². The lowest BCUT2D eigenvalue weighted by atomic mass is 9.84. The third kappa shape index (κ3) is 2.65. The van der Waals surface area contributed by atoms with Crippen LogP contribution in [0.2, 0.25) is 0 Å². The second-order valence-corrected chi connectivity index (χ2v) is 6.54. The molecule has 0 saturated carbocycles. The van der Waals surface area contributed by atoms with Crippen molar-refractivity contribution in [2.45, 2.75) is 17.2 Å². The second kappa shape index (κ2) is 5.81. The van der Waals surface area contributed by atoms with E-state index in [1.807, 2.05) is 12.1 Å². The van der Waals surface area contributed by atoms with Gasteiger partial charge in [0, 0.05) is 29.0 Å². The molecule has 2 aliphatic rings. The molecule has 2 aromatic carbocycles. The maximum Gasteiger partial charge on any atom is 0.225 e. The van der Waals surface area contributed by atoms with Crippen molar-refractivity contribution in [2.24, 2.45) is 0 Å². The van der Waals surface area contributed by atoms with Gasteiger partial charge in [-0.25, -0.2) is 0 Å². The van der Waals surface area contributed by atoms with Crippen molar-refractivity contribution >= 4 is 23.4 Å². The van der Waals surface area contributed by atoms with Gasteiger partial charge in [-0.3, -0.25) is 4.79 Å². The highest BCUT2D eigenvalue weighted by Crippen LogP contribution is 2.44. The molecule has 4 nitrogen and oxygen atoms in total. The molecule has 0 fully saturated rings. The fraction of sp³-hybridized carbons (Fsp3) is 0.278. The number of anilines is 1. The number of nitrogens with one attached hydrogen (secondary N) is 1. The van der Waals surface area contributed by atoms with Gasteiger partial charge >= 0.3 is 0 Å². The highest BCUT2D eigenvalue weighted by molar-refractivity contribution is 7.98. The number of fused-ring (bicyclic) bond motifs is 2. The summed E-state index contributed by atoms with van der Waals surface area (Å²) in [5.74, 6) is 1.55. The van der Waals surface area contributed by atoms with Crippen molar-refractivity contribution in [3.63, 3.8) is 0 Å². The first-order chi connectivity index (χ1) is 11.2. The van der Waals surface area contributed by atoms with E-state index in [2.05, 4.69) is 35.8 Å². The maximum absolute atomic E-state index is 12.1. The first kappa shape index (κ1) is 14.5. The Morgan fingerprint density at radius 2 is 1.78 bits per heavy atom. The van der Waals surface area contributed by atoms with Crippen molar-refractivity contribution < 1.29 is 14.3 Å². The molecule has 4 rings (SSSR count). The summed E-state index contributed by atoms with van der Waals surface area (Å²) in [7, 11) is 0. The zero-order valence-corrected chi connectivity index (χ0v) is 13.6. The second-order valence-electron chi connectivity index (χ2n) is 5.66. The van der Waals surface area contributed by atoms with E-state index in [0.29, 0.717) is 25.4 Å². The molecular weight excluding hydrogens is 310 g/mol. The van der Waals surface area contributed by atoms with Crippen LogP contribution in [0, 0.1) is 0 Å². The molecule has 118 valence electrons. The topological polar surface area (TPSA) is 47.6 Å². The molecule has 0 aliphatic carbocycles. The van der Waals surface area contributed by atoms with Gasteiger partial charge in [0.1, 0.15) is 13.2 Å². The molecule has 1 amide bonds. The Morgan fingerprint density at radius 3 is 2.48 bits per heavy atom. The van der Waals surface area contributed by atoms with Crippen LogP contribution in [0.25, 0.3) is 0 Å². The van der Waals surface area contributed by atoms with Gasteiger partial charge in [0.25, 0.3) is 0 Å². The molecule has 1 N–H and O–H groups in total. The molecule has 2 heterocycles. The Hall–Kier alpha value is -2.14. The molecule has 0 saturated heterocycles. The molecule has 23 heavy (non-hydrogen) atoms. The summed E-state index contributed by atoms with van der Waals surface area (Å²) in [5.41, 5.74) is 3.06. The van der Waals surface area contributed by atoms with Gasteiger partial charge < -0.3 is 14.8 Å². The molecule has 0 aromatic heterocycles. The third-order valence-electron chi connectivity index (χ3n) is 4.27. The van der Waals surface area contributed by atoms with E-state index >= 15 is 0 Å². The van der Waals surface area contributed by atoms with Gasteiger partial charge in [-0.05, 0) is 35.6 Å². The first-order valence-corrected chi connectivity index (χ1v) is 8.84. The summed E-state index contributed by atoms with van der Waals surface area (Å²) >= 11 is 1.71. The van der Waals surface area contributed by atoms with Crippen molar-refractivity contribution in [2.75, 3.05) is 24.8 Å². The van der Waals surface area contributed by atoms with Crippen molar-refractivity contribution in [1.82, 2.24) is 0 Å². The molecular formula is C18H17NO3S. The Bertz CT molecular complexity index is 758. The lowest BCUT2D eigenvalue weighted by Gasteiger charge is -2.29. The summed E-state index contributed by atoms with van der Waals surface area (Å²) < 4.78 is 11.3. The number of hydrogen-bond donors (Lipinski definition) is 1. The van der Waals surface area contributed by atoms with Crippen LogP contribution in [0.1, 0.15) is 23.5 Å². The van der Waals surface area contributed by atoms with E-state index in [9.17, 15) is 4.79 Å². The fourth-order valence-corrected chi connectivity index (χ4v) is 3.54. The van der Waals surface area contributed by atoms with E-state index in [4.69, 9.17) is 9.47 Å². The number of amides is 1. The average molecular weight is 327 g/mol. The van der Waals surface area contributed by atoms with E-state index in [-0.39, 0.29) is 11.8 Å². The summed E-state index contributed by atoms with van der Waals surface area (Å²) in [6.45, 7) is 1.10. The predicted molar refractivity (Wildman–Crippen MR) is 90.7 cm³/mol. The summed E-state index contributed by atoms with van der Waals surface area (Å²) in [5, 5.41) is 2.95. The maximum atomic E-state index is 12.1. The van der Waals surface area contributed by atoms with Gasteiger partial charge in [0.2, 0.25) is 5.91 Å². The Morgan fingerprint density at radius 1 is 1.09 bits per heavy atom. The largest absolute Gasteiger partial charge is 0.486 e. The normalized spacial score (nSPS) is 19.0. The fourth-order valence-electron chi connectivity index (χ4n) is 3.13. The Labute approximate surface area is 139 Å². The van der Waals surface area contributed by atoms with Crippen LogP contribution < -0.4 is 14.8 Å². The van der Waals surface area contributed by atoms with Crippen LogP contribution in [0.15, 0.2) is 41.3 Å². The van der Waals surface area contributed by atoms with Crippen LogP contribution in [0.4, 0.5) is 5.69 Å². The minimum Gasteiger partial charge on any atom is -0.486 e. The zero-order valence-electron chi connectivity index (χ0n) is 12.8. The Balaban J connectivity index is 1.78. The van der Waals surface area contributed by atoms with Crippen molar-refractivity contribution in [1.29, 1.82) is 0 Å². The van der Waals surface area contributed by atoms with Crippen LogP contribution >= 0.6 is 11.8 Å². The van der Waals surface area contributed by atoms with Gasteiger partial charge in [0.05, 0.1) is 0 Å². The van der Waals surface area contributed by atoms with Crippen LogP contribution in [0.5, 0.6) is 11.5 Å². The average Bonchev–Trinajstić information content (AvgIpc) is 2.59. The number of benzene rings is 2. The molecule has 1 atom stereocenters. The summed E-state index contributed by atoms with van der Waals surface area (Å²) in [6.07, 6.45) is 2.51. The number of carbonyl (C=O) groups is 1. The van der Waals surface area contributed by atoms with Crippen LogP contribution in [0.3, 0.4) is 0 Å². The lowest BCUT2D eigenvalue weighted by molar-refractivity contribution is -0.116. The lowest BCUT2D eigenvalue weighted by Crippen LogP contribution is -2.24. The summed E-state index contributed by atoms with van der Waals surface area (Å²) in [4.78, 5) is 13.3. The van der Waals surface area contributed by atoms with Crippen molar-refractivity contribution in [3.05, 3.63) is 47.5 Å². The number of carbonyl (C=O) groups excluding carboxylic acids is 1. The number of rotatable bonds is 2. The van der Waals surface area contributed by atoms with Crippen LogP contribution in [-0.4, -0.2) is 25.4 Å². The van der Waals surface area contributed by atoms with E-state index < -0.39 is 0 Å². The van der Waals surface area contributed by atoms with E-state index in [1.54, 1.807) is 11.8 Å². The predicted octanol–water partition coefficient (Wildman–Crippen LogP) is 3.65. The molecule has 0 radical (unpaired) electrons. The number of ether oxygens (including phenoxy) is 2. The summed E-state index contributed by atoms with van der Waals surface area (Å²) in [6, 6.07) is 12.3. The molecule has 0 spiro atoms. The van der Waals surface area contributed by atoms with E-state index in [1.165, 1.54) is 4.90 Å². The standard InChI is InChI=1S/C18H17NO3S/c1-23-12-4-2-11(3-5-12)13-9-18(20)19-15-10-17-16(8-14(13)15)21-6-7-22-17/h2-5,8,10,13H,6-7,9H2,1H3,(H,19,20)/t13-/m1/s1. The van der Waals surface area contributed by atoms with Crippen LogP contribution in [-0.2, 0) is 4.79 Å². The highest BCUT2D eigenvalue weighted by atomic mass is 32.2. The molecule has 0 unspecified atom stereocenters. The Kier molecular flexibility index (Phi) is 3.65. The molecule has 2 aromatic rings. The highest BCUT2D eigenvalue weighted by Gasteiger charge is 2.29. The van der Waals surface area contributed by atoms with E-state index in [0.717, 1.165) is 22.6 Å². The molecule has 0 bridgehead atoms. The smallest absolute Gasteiger partial charge is 0.225 e. The third-order valence-corrected chi connectivity index (χ3v) is 5.02. The first-order valence-electron chi connectivity index (χ1n) is 7.62. The molecule has 2 aliphatic heterocycles. The van der Waals surface area contributed by atoms with Crippen molar-refractivity contribution in [3.8, 4) is 11.5 Å². The number of thioether (sulfide) groups is 1. The van der Waals surface area contributed by atoms with Gasteiger partial charge in [0.15, 0.2) is 11.5 Å². The number of hydrogen-bond acceptors (Lipinski definition) is 4. The molecule has 5 heteroatoms. The zero-order chi connectivity index (χ0) is 15.8. The monoisotopic (exact) mass is 327 g/mol. The minimum absolute atomic E-state index is 0.0353. The van der Waals surface area contributed by atoms with Gasteiger partial charge in [-0.15, -0.1) is 11.8 Å². The SMILES string of the molecule is CSc1ccc([C@H]2CC(=O)Nc3cc4c(cc32)OCCO4)cc1. The quantitative estimate of drug-likeness (QED) is 0.855.